The smallest absolute Gasteiger partial charge is 0.226 e. The van der Waals surface area contributed by atoms with Gasteiger partial charge in [0.1, 0.15) is 5.75 Å². The molecule has 3 fully saturated rings. The topological polar surface area (TPSA) is 53.1 Å². The van der Waals surface area contributed by atoms with E-state index in [2.05, 4.69) is 28.9 Å². The van der Waals surface area contributed by atoms with Gasteiger partial charge < -0.3 is 19.4 Å². The number of methoxy groups -OCH3 is 1. The van der Waals surface area contributed by atoms with Gasteiger partial charge in [-0.15, -0.1) is 0 Å². The maximum atomic E-state index is 13.0. The number of benzene rings is 1. The van der Waals surface area contributed by atoms with Crippen LogP contribution >= 0.6 is 0 Å². The molecular weight excluding hydrogens is 366 g/mol. The summed E-state index contributed by atoms with van der Waals surface area (Å²) in [7, 11) is 1.67. The van der Waals surface area contributed by atoms with Crippen LogP contribution in [-0.4, -0.2) is 67.5 Å². The minimum Gasteiger partial charge on any atom is -0.497 e. The van der Waals surface area contributed by atoms with E-state index in [1.165, 1.54) is 6.42 Å². The van der Waals surface area contributed by atoms with Gasteiger partial charge in [0.05, 0.1) is 18.9 Å². The second kappa shape index (κ2) is 8.64. The Hall–Kier alpha value is -2.24. The molecule has 2 aliphatic heterocycles. The van der Waals surface area contributed by atoms with Crippen LogP contribution in [0.1, 0.15) is 39.0 Å². The first-order valence-corrected chi connectivity index (χ1v) is 11.1. The molecule has 1 aromatic carbocycles. The van der Waals surface area contributed by atoms with Crippen molar-refractivity contribution >= 4 is 17.5 Å². The average Bonchev–Trinajstić information content (AvgIpc) is 3.59. The van der Waals surface area contributed by atoms with E-state index in [9.17, 15) is 9.59 Å². The number of piperazine rings is 1. The van der Waals surface area contributed by atoms with Crippen LogP contribution in [0.25, 0.3) is 0 Å². The van der Waals surface area contributed by atoms with E-state index in [-0.39, 0.29) is 23.7 Å². The normalized spacial score (nSPS) is 27.0. The first-order valence-electron chi connectivity index (χ1n) is 11.1. The molecule has 1 aromatic rings. The molecule has 3 atom stereocenters. The monoisotopic (exact) mass is 399 g/mol. The molecule has 2 heterocycles. The third-order valence-corrected chi connectivity index (χ3v) is 6.84. The van der Waals surface area contributed by atoms with Crippen molar-refractivity contribution in [2.75, 3.05) is 44.7 Å². The third kappa shape index (κ3) is 4.21. The summed E-state index contributed by atoms with van der Waals surface area (Å²) in [5.41, 5.74) is 1.16. The Bertz CT molecular complexity index is 727. The van der Waals surface area contributed by atoms with Crippen molar-refractivity contribution in [2.45, 2.75) is 45.1 Å². The molecule has 29 heavy (non-hydrogen) atoms. The molecule has 0 N–H and O–H groups in total. The van der Waals surface area contributed by atoms with E-state index in [0.29, 0.717) is 6.04 Å². The molecule has 2 saturated heterocycles. The van der Waals surface area contributed by atoms with Gasteiger partial charge in [-0.1, -0.05) is 6.92 Å². The molecule has 2 amide bonds. The molecule has 0 bridgehead atoms. The Kier molecular flexibility index (Phi) is 5.97. The molecular formula is C23H33N3O3. The largest absolute Gasteiger partial charge is 0.497 e. The predicted octanol–water partition coefficient (Wildman–Crippen LogP) is 2.77. The number of hydrogen-bond donors (Lipinski definition) is 0. The van der Waals surface area contributed by atoms with Crippen molar-refractivity contribution in [3.63, 3.8) is 0 Å². The minimum absolute atomic E-state index is 0.0748. The van der Waals surface area contributed by atoms with E-state index in [0.717, 1.165) is 69.8 Å². The van der Waals surface area contributed by atoms with Gasteiger partial charge in [0, 0.05) is 44.5 Å². The lowest BCUT2D eigenvalue weighted by Crippen LogP contribution is -2.50. The van der Waals surface area contributed by atoms with Crippen molar-refractivity contribution < 1.29 is 14.3 Å². The van der Waals surface area contributed by atoms with E-state index < -0.39 is 0 Å². The molecule has 158 valence electrons. The number of rotatable bonds is 5. The summed E-state index contributed by atoms with van der Waals surface area (Å²) >= 11 is 0. The quantitative estimate of drug-likeness (QED) is 0.764. The maximum absolute atomic E-state index is 13.0. The second-order valence-electron chi connectivity index (χ2n) is 8.55. The zero-order valence-electron chi connectivity index (χ0n) is 17.7. The summed E-state index contributed by atoms with van der Waals surface area (Å²) in [5, 5.41) is 0. The summed E-state index contributed by atoms with van der Waals surface area (Å²) in [6.07, 6.45) is 5.18. The SMILES string of the molecule is CCC1CCCCN1C(=O)C1CC1C(=O)N1CCN(c2ccc(OC)cc2)CC1. The number of nitrogens with zero attached hydrogens (tertiary/aromatic N) is 3. The van der Waals surface area contributed by atoms with Gasteiger partial charge in [0.15, 0.2) is 0 Å². The van der Waals surface area contributed by atoms with Gasteiger partial charge >= 0.3 is 0 Å². The number of piperidine rings is 1. The molecule has 3 unspecified atom stereocenters. The molecule has 3 aliphatic rings. The zero-order chi connectivity index (χ0) is 20.4. The van der Waals surface area contributed by atoms with Crippen LogP contribution in [0.3, 0.4) is 0 Å². The van der Waals surface area contributed by atoms with E-state index in [4.69, 9.17) is 4.74 Å². The Morgan fingerprint density at radius 1 is 0.966 bits per heavy atom. The number of anilines is 1. The summed E-state index contributed by atoms with van der Waals surface area (Å²) in [4.78, 5) is 32.2. The molecule has 0 radical (unpaired) electrons. The van der Waals surface area contributed by atoms with Crippen molar-refractivity contribution in [1.82, 2.24) is 9.80 Å². The molecule has 1 saturated carbocycles. The highest BCUT2D eigenvalue weighted by Crippen LogP contribution is 2.42. The van der Waals surface area contributed by atoms with Crippen LogP contribution in [0, 0.1) is 11.8 Å². The van der Waals surface area contributed by atoms with E-state index >= 15 is 0 Å². The Morgan fingerprint density at radius 3 is 2.31 bits per heavy atom. The van der Waals surface area contributed by atoms with Crippen LogP contribution in [0.2, 0.25) is 0 Å². The standard InChI is InChI=1S/C23H33N3O3/c1-3-17-6-4-5-11-26(17)23(28)21-16-20(21)22(27)25-14-12-24(13-15-25)18-7-9-19(29-2)10-8-18/h7-10,17,20-21H,3-6,11-16H2,1-2H3. The molecule has 6 nitrogen and oxygen atoms in total. The Labute approximate surface area is 173 Å². The molecule has 0 spiro atoms. The lowest BCUT2D eigenvalue weighted by molar-refractivity contribution is -0.140. The lowest BCUT2D eigenvalue weighted by atomic mass is 9.99. The first-order chi connectivity index (χ1) is 14.1. The number of carbonyl (C=O) groups excluding carboxylic acids is 2. The average molecular weight is 400 g/mol. The van der Waals surface area contributed by atoms with Crippen molar-refractivity contribution in [3.8, 4) is 5.75 Å². The van der Waals surface area contributed by atoms with Gasteiger partial charge in [-0.05, 0) is 56.4 Å². The van der Waals surface area contributed by atoms with Crippen LogP contribution in [-0.2, 0) is 9.59 Å². The van der Waals surface area contributed by atoms with Gasteiger partial charge in [-0.25, -0.2) is 0 Å². The summed E-state index contributed by atoms with van der Waals surface area (Å²) in [6.45, 7) is 6.14. The van der Waals surface area contributed by atoms with Crippen LogP contribution in [0.5, 0.6) is 5.75 Å². The van der Waals surface area contributed by atoms with Gasteiger partial charge in [0.25, 0.3) is 0 Å². The minimum atomic E-state index is -0.0885. The van der Waals surface area contributed by atoms with E-state index in [1.807, 2.05) is 17.0 Å². The third-order valence-electron chi connectivity index (χ3n) is 6.84. The Balaban J connectivity index is 1.28. The van der Waals surface area contributed by atoms with E-state index in [1.54, 1.807) is 7.11 Å². The predicted molar refractivity (Wildman–Crippen MR) is 113 cm³/mol. The van der Waals surface area contributed by atoms with Gasteiger partial charge in [0.2, 0.25) is 11.8 Å². The number of amides is 2. The summed E-state index contributed by atoms with van der Waals surface area (Å²) in [5.74, 6) is 1.10. The maximum Gasteiger partial charge on any atom is 0.226 e. The Morgan fingerprint density at radius 2 is 1.66 bits per heavy atom. The van der Waals surface area contributed by atoms with Crippen molar-refractivity contribution in [2.24, 2.45) is 11.8 Å². The number of likely N-dealkylation sites (tertiary alicyclic amines) is 1. The molecule has 4 rings (SSSR count). The second-order valence-corrected chi connectivity index (χ2v) is 8.55. The summed E-state index contributed by atoms with van der Waals surface area (Å²) < 4.78 is 5.22. The highest BCUT2D eigenvalue weighted by atomic mass is 16.5. The fourth-order valence-corrected chi connectivity index (χ4v) is 4.88. The van der Waals surface area contributed by atoms with Crippen LogP contribution < -0.4 is 9.64 Å². The van der Waals surface area contributed by atoms with Crippen molar-refractivity contribution in [1.29, 1.82) is 0 Å². The summed E-state index contributed by atoms with van der Waals surface area (Å²) in [6, 6.07) is 8.44. The van der Waals surface area contributed by atoms with Gasteiger partial charge in [-0.3, -0.25) is 9.59 Å². The fourth-order valence-electron chi connectivity index (χ4n) is 4.88. The van der Waals surface area contributed by atoms with Crippen molar-refractivity contribution in [3.05, 3.63) is 24.3 Å². The highest BCUT2D eigenvalue weighted by molar-refractivity contribution is 5.92. The fraction of sp³-hybridized carbons (Fsp3) is 0.652. The number of carbonyl (C=O) groups is 2. The first kappa shape index (κ1) is 20.0. The lowest BCUT2D eigenvalue weighted by Gasteiger charge is -2.37. The molecule has 1 aliphatic carbocycles. The number of hydrogen-bond acceptors (Lipinski definition) is 4. The molecule has 6 heteroatoms. The number of ether oxygens (including phenoxy) is 1. The zero-order valence-corrected chi connectivity index (χ0v) is 17.7. The van der Waals surface area contributed by atoms with Crippen LogP contribution in [0.4, 0.5) is 5.69 Å². The molecule has 0 aromatic heterocycles. The van der Waals surface area contributed by atoms with Crippen LogP contribution in [0.15, 0.2) is 24.3 Å². The van der Waals surface area contributed by atoms with Gasteiger partial charge in [-0.2, -0.15) is 0 Å². The highest BCUT2D eigenvalue weighted by Gasteiger charge is 2.51.